The number of rotatable bonds is 9. The van der Waals surface area contributed by atoms with E-state index in [0.717, 1.165) is 52.0 Å². The zero-order valence-corrected chi connectivity index (χ0v) is 20.4. The summed E-state index contributed by atoms with van der Waals surface area (Å²) in [7, 11) is 0. The highest BCUT2D eigenvalue weighted by Gasteiger charge is 2.04. The van der Waals surface area contributed by atoms with Gasteiger partial charge in [-0.15, -0.1) is 0 Å². The molecule has 0 atom stereocenters. The predicted molar refractivity (Wildman–Crippen MR) is 148 cm³/mol. The van der Waals surface area contributed by atoms with E-state index in [1.807, 2.05) is 42.5 Å². The summed E-state index contributed by atoms with van der Waals surface area (Å²) in [6, 6.07) is 30.9. The molecule has 0 aromatic heterocycles. The van der Waals surface area contributed by atoms with E-state index in [4.69, 9.17) is 4.74 Å². The van der Waals surface area contributed by atoms with E-state index in [-0.39, 0.29) is 0 Å². The lowest BCUT2D eigenvalue weighted by Crippen LogP contribution is -1.97. The van der Waals surface area contributed by atoms with Gasteiger partial charge in [-0.25, -0.2) is 0 Å². The van der Waals surface area contributed by atoms with Crippen LogP contribution in [0.25, 0.3) is 24.3 Å². The molecule has 0 saturated carbocycles. The van der Waals surface area contributed by atoms with E-state index in [1.54, 1.807) is 0 Å². The van der Waals surface area contributed by atoms with Gasteiger partial charge in [0.2, 0.25) is 0 Å². The SMILES string of the molecule is CCc1ccc(/C=C/c2ccc(/C=C/c3ccc(CC)cc3OCc3ccccc3)cc2)c(O)c1. The Morgan fingerprint density at radius 1 is 0.600 bits per heavy atom. The second-order valence-electron chi connectivity index (χ2n) is 8.58. The largest absolute Gasteiger partial charge is 0.507 e. The molecule has 0 amide bonds. The highest BCUT2D eigenvalue weighted by atomic mass is 16.5. The Morgan fingerprint density at radius 2 is 1.17 bits per heavy atom. The molecule has 0 radical (unpaired) electrons. The minimum atomic E-state index is 0.319. The van der Waals surface area contributed by atoms with Gasteiger partial charge in [0.15, 0.2) is 0 Å². The van der Waals surface area contributed by atoms with Crippen molar-refractivity contribution in [3.63, 3.8) is 0 Å². The molecule has 0 heterocycles. The zero-order chi connectivity index (χ0) is 24.5. The molecule has 0 unspecified atom stereocenters. The fraction of sp³-hybridized carbons (Fsp3) is 0.152. The van der Waals surface area contributed by atoms with Crippen molar-refractivity contribution in [2.24, 2.45) is 0 Å². The first kappa shape index (κ1) is 24.1. The predicted octanol–water partition coefficient (Wildman–Crippen LogP) is 8.44. The Labute approximate surface area is 208 Å². The number of aromatic hydroxyl groups is 1. The Morgan fingerprint density at radius 3 is 1.77 bits per heavy atom. The lowest BCUT2D eigenvalue weighted by atomic mass is 10.0. The van der Waals surface area contributed by atoms with Crippen LogP contribution in [-0.2, 0) is 19.4 Å². The van der Waals surface area contributed by atoms with Gasteiger partial charge in [-0.3, -0.25) is 0 Å². The Hall–Kier alpha value is -4.04. The third-order valence-electron chi connectivity index (χ3n) is 6.07. The molecule has 176 valence electrons. The highest BCUT2D eigenvalue weighted by molar-refractivity contribution is 5.75. The number of aryl methyl sites for hydroxylation is 2. The van der Waals surface area contributed by atoms with Crippen LogP contribution in [0.1, 0.15) is 52.8 Å². The molecule has 2 heteroatoms. The minimum Gasteiger partial charge on any atom is -0.507 e. The normalized spacial score (nSPS) is 11.4. The monoisotopic (exact) mass is 460 g/mol. The first-order valence-corrected chi connectivity index (χ1v) is 12.2. The van der Waals surface area contributed by atoms with Gasteiger partial charge in [-0.2, -0.15) is 0 Å². The molecule has 2 nitrogen and oxygen atoms in total. The molecule has 4 rings (SSSR count). The lowest BCUT2D eigenvalue weighted by Gasteiger charge is -2.11. The van der Waals surface area contributed by atoms with Crippen molar-refractivity contribution in [2.75, 3.05) is 0 Å². The third kappa shape index (κ3) is 6.74. The van der Waals surface area contributed by atoms with Crippen LogP contribution in [-0.4, -0.2) is 5.11 Å². The molecule has 0 aliphatic rings. The van der Waals surface area contributed by atoms with Crippen molar-refractivity contribution in [3.05, 3.63) is 130 Å². The van der Waals surface area contributed by atoms with E-state index in [0.29, 0.717) is 12.4 Å². The van der Waals surface area contributed by atoms with Gasteiger partial charge in [0.05, 0.1) is 0 Å². The van der Waals surface area contributed by atoms with E-state index < -0.39 is 0 Å². The maximum atomic E-state index is 10.2. The quantitative estimate of drug-likeness (QED) is 0.254. The van der Waals surface area contributed by atoms with Crippen LogP contribution in [0.5, 0.6) is 11.5 Å². The van der Waals surface area contributed by atoms with Crippen molar-refractivity contribution in [1.29, 1.82) is 0 Å². The fourth-order valence-electron chi connectivity index (χ4n) is 3.84. The van der Waals surface area contributed by atoms with Crippen molar-refractivity contribution >= 4 is 24.3 Å². The van der Waals surface area contributed by atoms with Gasteiger partial charge in [0.25, 0.3) is 0 Å². The number of phenolic OH excluding ortho intramolecular Hbond substituents is 1. The van der Waals surface area contributed by atoms with Crippen LogP contribution in [0, 0.1) is 0 Å². The van der Waals surface area contributed by atoms with E-state index >= 15 is 0 Å². The minimum absolute atomic E-state index is 0.319. The van der Waals surface area contributed by atoms with Gasteiger partial charge < -0.3 is 9.84 Å². The van der Waals surface area contributed by atoms with Gasteiger partial charge in [-0.05, 0) is 52.8 Å². The third-order valence-corrected chi connectivity index (χ3v) is 6.07. The van der Waals surface area contributed by atoms with Crippen LogP contribution in [0.2, 0.25) is 0 Å². The number of benzene rings is 4. The Bertz CT molecular complexity index is 1300. The average Bonchev–Trinajstić information content (AvgIpc) is 2.91. The van der Waals surface area contributed by atoms with Crippen LogP contribution < -0.4 is 4.74 Å². The van der Waals surface area contributed by atoms with Crippen molar-refractivity contribution in [3.8, 4) is 11.5 Å². The molecule has 0 spiro atoms. The molecule has 4 aromatic rings. The fourth-order valence-corrected chi connectivity index (χ4v) is 3.84. The maximum Gasteiger partial charge on any atom is 0.127 e. The van der Waals surface area contributed by atoms with E-state index in [2.05, 4.69) is 86.7 Å². The second-order valence-corrected chi connectivity index (χ2v) is 8.58. The van der Waals surface area contributed by atoms with Crippen LogP contribution in [0.15, 0.2) is 91.0 Å². The topological polar surface area (TPSA) is 29.5 Å². The summed E-state index contributed by atoms with van der Waals surface area (Å²) in [4.78, 5) is 0. The van der Waals surface area contributed by atoms with Gasteiger partial charge in [0.1, 0.15) is 18.1 Å². The van der Waals surface area contributed by atoms with Crippen molar-refractivity contribution < 1.29 is 9.84 Å². The zero-order valence-electron chi connectivity index (χ0n) is 20.4. The van der Waals surface area contributed by atoms with Gasteiger partial charge >= 0.3 is 0 Å². The summed E-state index contributed by atoms with van der Waals surface area (Å²) in [5, 5.41) is 10.2. The molecule has 0 bridgehead atoms. The summed E-state index contributed by atoms with van der Waals surface area (Å²) in [6.07, 6.45) is 10.1. The summed E-state index contributed by atoms with van der Waals surface area (Å²) >= 11 is 0. The first-order chi connectivity index (χ1) is 17.1. The van der Waals surface area contributed by atoms with Crippen molar-refractivity contribution in [1.82, 2.24) is 0 Å². The molecule has 0 aliphatic carbocycles. The van der Waals surface area contributed by atoms with E-state index in [9.17, 15) is 5.11 Å². The van der Waals surface area contributed by atoms with Gasteiger partial charge in [0, 0.05) is 11.1 Å². The molecule has 0 fully saturated rings. The van der Waals surface area contributed by atoms with Crippen molar-refractivity contribution in [2.45, 2.75) is 33.3 Å². The standard InChI is InChI=1S/C33H32O2/c1-3-25-14-18-30(32(34)22-25)19-16-27-10-12-28(13-11-27)17-21-31-20-15-26(4-2)23-33(31)35-24-29-8-6-5-7-9-29/h5-23,34H,3-4,24H2,1-2H3/b19-16+,21-17+. The lowest BCUT2D eigenvalue weighted by molar-refractivity contribution is 0.305. The molecule has 0 aliphatic heterocycles. The summed E-state index contributed by atoms with van der Waals surface area (Å²) in [5.74, 6) is 1.22. The average molecular weight is 461 g/mol. The molecular weight excluding hydrogens is 428 g/mol. The number of hydrogen-bond acceptors (Lipinski definition) is 2. The molecule has 1 N–H and O–H groups in total. The van der Waals surface area contributed by atoms with Gasteiger partial charge in [-0.1, -0.05) is 117 Å². The first-order valence-electron chi connectivity index (χ1n) is 12.2. The van der Waals surface area contributed by atoms with Crippen LogP contribution >= 0.6 is 0 Å². The summed E-state index contributed by atoms with van der Waals surface area (Å²) in [5.41, 5.74) is 7.64. The number of hydrogen-bond donors (Lipinski definition) is 1. The molecule has 0 saturated heterocycles. The highest BCUT2D eigenvalue weighted by Crippen LogP contribution is 2.25. The Balaban J connectivity index is 1.46. The Kier molecular flexibility index (Phi) is 8.19. The molecule has 35 heavy (non-hydrogen) atoms. The van der Waals surface area contributed by atoms with Crippen LogP contribution in [0.3, 0.4) is 0 Å². The smallest absolute Gasteiger partial charge is 0.127 e. The summed E-state index contributed by atoms with van der Waals surface area (Å²) < 4.78 is 6.19. The molecular formula is C33H32O2. The summed E-state index contributed by atoms with van der Waals surface area (Å²) in [6.45, 7) is 4.79. The number of ether oxygens (including phenoxy) is 1. The maximum absolute atomic E-state index is 10.2. The number of phenols is 1. The molecule has 4 aromatic carbocycles. The van der Waals surface area contributed by atoms with Crippen LogP contribution in [0.4, 0.5) is 0 Å². The van der Waals surface area contributed by atoms with E-state index in [1.165, 1.54) is 5.56 Å². The second kappa shape index (κ2) is 11.9.